The number of carbonyl (C=O) groups excluding carboxylic acids is 1. The first kappa shape index (κ1) is 17.5. The van der Waals surface area contributed by atoms with Crippen molar-refractivity contribution in [1.82, 2.24) is 0 Å². The second-order valence-corrected chi connectivity index (χ2v) is 8.18. The van der Waals surface area contributed by atoms with Crippen molar-refractivity contribution in [1.29, 1.82) is 0 Å². The standard InChI is InChI=1S/C17H17N3O3S2/c1-11-7-8-12(2)14(9-11)18-16(21)10-24-17-19-13-5-3-4-6-15(13)25(22,23)20-17/h3-9H,10H2,1-2H3,(H,18,21)(H,19,20). The lowest BCUT2D eigenvalue weighted by atomic mass is 10.1. The van der Waals surface area contributed by atoms with E-state index in [0.717, 1.165) is 28.6 Å². The molecule has 0 spiro atoms. The van der Waals surface area contributed by atoms with Crippen LogP contribution in [0.1, 0.15) is 11.1 Å². The Kier molecular flexibility index (Phi) is 4.82. The van der Waals surface area contributed by atoms with Crippen molar-refractivity contribution in [3.8, 4) is 0 Å². The number of nitrogens with zero attached hydrogens (tertiary/aromatic N) is 1. The Morgan fingerprint density at radius 2 is 1.96 bits per heavy atom. The highest BCUT2D eigenvalue weighted by Gasteiger charge is 2.24. The van der Waals surface area contributed by atoms with Gasteiger partial charge in [0.2, 0.25) is 5.91 Å². The van der Waals surface area contributed by atoms with E-state index in [1.54, 1.807) is 18.2 Å². The van der Waals surface area contributed by atoms with Crippen LogP contribution in [0.15, 0.2) is 51.8 Å². The van der Waals surface area contributed by atoms with E-state index in [4.69, 9.17) is 0 Å². The first-order valence-corrected chi connectivity index (χ1v) is 9.99. The van der Waals surface area contributed by atoms with Gasteiger partial charge in [-0.25, -0.2) is 0 Å². The molecule has 8 heteroatoms. The van der Waals surface area contributed by atoms with Crippen molar-refractivity contribution >= 4 is 44.2 Å². The van der Waals surface area contributed by atoms with Crippen LogP contribution in [-0.4, -0.2) is 25.2 Å². The maximum absolute atomic E-state index is 12.2. The smallest absolute Gasteiger partial charge is 0.286 e. The van der Waals surface area contributed by atoms with Gasteiger partial charge in [-0.1, -0.05) is 36.0 Å². The average Bonchev–Trinajstić information content (AvgIpc) is 2.56. The predicted octanol–water partition coefficient (Wildman–Crippen LogP) is 3.15. The maximum atomic E-state index is 12.2. The second kappa shape index (κ2) is 6.89. The molecule has 6 nitrogen and oxygen atoms in total. The number of para-hydroxylation sites is 1. The summed E-state index contributed by atoms with van der Waals surface area (Å²) in [5, 5.41) is 5.97. The van der Waals surface area contributed by atoms with E-state index in [-0.39, 0.29) is 21.7 Å². The van der Waals surface area contributed by atoms with E-state index in [1.807, 2.05) is 32.0 Å². The van der Waals surface area contributed by atoms with Crippen molar-refractivity contribution < 1.29 is 13.2 Å². The third-order valence-corrected chi connectivity index (χ3v) is 5.94. The summed E-state index contributed by atoms with van der Waals surface area (Å²) < 4.78 is 28.0. The molecule has 0 atom stereocenters. The third-order valence-electron chi connectivity index (χ3n) is 3.62. The quantitative estimate of drug-likeness (QED) is 0.860. The zero-order valence-corrected chi connectivity index (χ0v) is 15.4. The number of amides is 1. The van der Waals surface area contributed by atoms with Crippen molar-refractivity contribution in [2.24, 2.45) is 4.40 Å². The fourth-order valence-electron chi connectivity index (χ4n) is 2.34. The van der Waals surface area contributed by atoms with Gasteiger partial charge in [-0.3, -0.25) is 4.79 Å². The lowest BCUT2D eigenvalue weighted by Crippen LogP contribution is -2.22. The first-order chi connectivity index (χ1) is 11.8. The molecular formula is C17H17N3O3S2. The Morgan fingerprint density at radius 3 is 2.76 bits per heavy atom. The van der Waals surface area contributed by atoms with Gasteiger partial charge in [0.1, 0.15) is 4.90 Å². The number of aryl methyl sites for hydroxylation is 2. The summed E-state index contributed by atoms with van der Waals surface area (Å²) >= 11 is 1.05. The Hall–Kier alpha value is -2.32. The molecule has 0 radical (unpaired) electrons. The van der Waals surface area contributed by atoms with Gasteiger partial charge in [0.25, 0.3) is 10.0 Å². The summed E-state index contributed by atoms with van der Waals surface area (Å²) in [4.78, 5) is 12.3. The second-order valence-electron chi connectivity index (χ2n) is 5.65. The SMILES string of the molecule is Cc1ccc(C)c(NC(=O)CSC2=NS(=O)(=O)c3ccccc3N2)c1. The van der Waals surface area contributed by atoms with E-state index in [0.29, 0.717) is 5.69 Å². The topological polar surface area (TPSA) is 87.6 Å². The van der Waals surface area contributed by atoms with Gasteiger partial charge in [-0.2, -0.15) is 8.42 Å². The molecule has 2 aromatic rings. The Labute approximate surface area is 150 Å². The molecule has 130 valence electrons. The molecule has 0 fully saturated rings. The largest absolute Gasteiger partial charge is 0.333 e. The molecule has 1 heterocycles. The third kappa shape index (κ3) is 4.02. The van der Waals surface area contributed by atoms with Gasteiger partial charge < -0.3 is 10.6 Å². The number of hydrogen-bond acceptors (Lipinski definition) is 5. The Balaban J connectivity index is 1.67. The maximum Gasteiger partial charge on any atom is 0.286 e. The summed E-state index contributed by atoms with van der Waals surface area (Å²) in [5.74, 6) is -0.170. The van der Waals surface area contributed by atoms with Gasteiger partial charge in [-0.05, 0) is 43.2 Å². The Morgan fingerprint density at radius 1 is 1.20 bits per heavy atom. The summed E-state index contributed by atoms with van der Waals surface area (Å²) in [6, 6.07) is 12.4. The van der Waals surface area contributed by atoms with Crippen LogP contribution >= 0.6 is 11.8 Å². The number of hydrogen-bond donors (Lipinski definition) is 2. The van der Waals surface area contributed by atoms with Gasteiger partial charge in [0.05, 0.1) is 11.4 Å². The molecule has 3 rings (SSSR count). The summed E-state index contributed by atoms with van der Waals surface area (Å²) in [5.41, 5.74) is 3.24. The molecule has 2 N–H and O–H groups in total. The number of amidine groups is 1. The Bertz CT molecular complexity index is 969. The monoisotopic (exact) mass is 375 g/mol. The minimum Gasteiger partial charge on any atom is -0.333 e. The average molecular weight is 375 g/mol. The van der Waals surface area contributed by atoms with E-state index in [2.05, 4.69) is 15.0 Å². The van der Waals surface area contributed by atoms with Crippen LogP contribution in [0.2, 0.25) is 0 Å². The summed E-state index contributed by atoms with van der Waals surface area (Å²) in [6.45, 7) is 3.87. The number of fused-ring (bicyclic) bond motifs is 1. The molecule has 0 saturated carbocycles. The molecular weight excluding hydrogens is 358 g/mol. The molecule has 1 amide bonds. The predicted molar refractivity (Wildman–Crippen MR) is 102 cm³/mol. The van der Waals surface area contributed by atoms with Crippen molar-refractivity contribution in [2.75, 3.05) is 16.4 Å². The van der Waals surface area contributed by atoms with Gasteiger partial charge in [0, 0.05) is 5.69 Å². The lowest BCUT2D eigenvalue weighted by Gasteiger charge is -2.17. The molecule has 1 aliphatic rings. The number of thioether (sulfide) groups is 1. The van der Waals surface area contributed by atoms with E-state index >= 15 is 0 Å². The van der Waals surface area contributed by atoms with Crippen molar-refractivity contribution in [3.05, 3.63) is 53.6 Å². The van der Waals surface area contributed by atoms with Crippen LogP contribution in [0.4, 0.5) is 11.4 Å². The van der Waals surface area contributed by atoms with Gasteiger partial charge in [-0.15, -0.1) is 4.40 Å². The van der Waals surface area contributed by atoms with Crippen LogP contribution in [0.5, 0.6) is 0 Å². The van der Waals surface area contributed by atoms with E-state index < -0.39 is 10.0 Å². The minimum absolute atomic E-state index is 0.0525. The zero-order chi connectivity index (χ0) is 18.0. The van der Waals surface area contributed by atoms with E-state index in [9.17, 15) is 13.2 Å². The number of benzene rings is 2. The molecule has 1 aliphatic heterocycles. The van der Waals surface area contributed by atoms with Gasteiger partial charge in [0.15, 0.2) is 5.17 Å². The van der Waals surface area contributed by atoms with Crippen LogP contribution in [0, 0.1) is 13.8 Å². The molecule has 0 saturated heterocycles. The van der Waals surface area contributed by atoms with Crippen LogP contribution < -0.4 is 10.6 Å². The number of anilines is 2. The number of rotatable bonds is 3. The zero-order valence-electron chi connectivity index (χ0n) is 13.7. The lowest BCUT2D eigenvalue weighted by molar-refractivity contribution is -0.113. The molecule has 2 aromatic carbocycles. The number of sulfonamides is 1. The molecule has 0 aromatic heterocycles. The highest BCUT2D eigenvalue weighted by atomic mass is 32.2. The minimum atomic E-state index is -3.74. The molecule has 0 aliphatic carbocycles. The highest BCUT2D eigenvalue weighted by molar-refractivity contribution is 8.15. The molecule has 0 unspecified atom stereocenters. The first-order valence-electron chi connectivity index (χ1n) is 7.56. The fourth-order valence-corrected chi connectivity index (χ4v) is 4.38. The van der Waals surface area contributed by atoms with Crippen LogP contribution in [-0.2, 0) is 14.8 Å². The molecule has 25 heavy (non-hydrogen) atoms. The highest BCUT2D eigenvalue weighted by Crippen LogP contribution is 2.29. The number of carbonyl (C=O) groups is 1. The van der Waals surface area contributed by atoms with Crippen LogP contribution in [0.3, 0.4) is 0 Å². The normalized spacial score (nSPS) is 14.9. The molecule has 0 bridgehead atoms. The van der Waals surface area contributed by atoms with Crippen LogP contribution in [0.25, 0.3) is 0 Å². The van der Waals surface area contributed by atoms with Crippen molar-refractivity contribution in [3.63, 3.8) is 0 Å². The van der Waals surface area contributed by atoms with E-state index in [1.165, 1.54) is 6.07 Å². The number of nitrogens with one attached hydrogen (secondary N) is 2. The summed E-state index contributed by atoms with van der Waals surface area (Å²) in [6.07, 6.45) is 0. The fraction of sp³-hybridized carbons (Fsp3) is 0.176. The summed E-state index contributed by atoms with van der Waals surface area (Å²) in [7, 11) is -3.74. The van der Waals surface area contributed by atoms with Crippen molar-refractivity contribution in [2.45, 2.75) is 18.7 Å². The van der Waals surface area contributed by atoms with Gasteiger partial charge >= 0.3 is 0 Å².